The summed E-state index contributed by atoms with van der Waals surface area (Å²) in [5.74, 6) is -0.139. The molecular weight excluding hydrogens is 492 g/mol. The minimum Gasteiger partial charge on any atom is -0.349 e. The molecule has 0 spiro atoms. The molecule has 0 saturated heterocycles. The number of para-hydroxylation sites is 2. The van der Waals surface area contributed by atoms with Crippen LogP contribution in [0.15, 0.2) is 85.1 Å². The van der Waals surface area contributed by atoms with Crippen LogP contribution in [0.1, 0.15) is 38.6 Å². The number of hydrogen-bond donors (Lipinski definition) is 1. The highest BCUT2D eigenvalue weighted by Gasteiger charge is 2.29. The van der Waals surface area contributed by atoms with Crippen LogP contribution in [-0.4, -0.2) is 34.4 Å². The number of carbonyl (C=O) groups is 2. The Morgan fingerprint density at radius 3 is 2.66 bits per heavy atom. The number of amides is 2. The molecule has 7 heteroatoms. The van der Waals surface area contributed by atoms with Crippen LogP contribution in [0.5, 0.6) is 0 Å². The van der Waals surface area contributed by atoms with Crippen molar-refractivity contribution < 1.29 is 9.59 Å². The van der Waals surface area contributed by atoms with Gasteiger partial charge in [-0.15, -0.1) is 11.3 Å². The Hall–Kier alpha value is -4.36. The van der Waals surface area contributed by atoms with Gasteiger partial charge in [0.05, 0.1) is 21.8 Å². The minimum atomic E-state index is -0.139. The number of pyridine rings is 2. The van der Waals surface area contributed by atoms with Crippen molar-refractivity contribution in [2.75, 3.05) is 11.4 Å². The molecule has 6 nitrogen and oxygen atoms in total. The molecule has 3 aromatic heterocycles. The van der Waals surface area contributed by atoms with Gasteiger partial charge < -0.3 is 10.2 Å². The van der Waals surface area contributed by atoms with Crippen molar-refractivity contribution in [2.24, 2.45) is 0 Å². The molecule has 1 N–H and O–H groups in total. The average Bonchev–Trinajstić information content (AvgIpc) is 3.71. The first-order valence-corrected chi connectivity index (χ1v) is 13.6. The predicted octanol–water partition coefficient (Wildman–Crippen LogP) is 6.12. The zero-order valence-electron chi connectivity index (χ0n) is 20.6. The summed E-state index contributed by atoms with van der Waals surface area (Å²) in [6.45, 7) is 0.507. The van der Waals surface area contributed by atoms with Gasteiger partial charge in [0.2, 0.25) is 0 Å². The second kappa shape index (κ2) is 9.19. The summed E-state index contributed by atoms with van der Waals surface area (Å²) in [5.41, 5.74) is 5.88. The maximum Gasteiger partial charge on any atom is 0.276 e. The zero-order chi connectivity index (χ0) is 25.6. The number of anilines is 1. The molecular formula is C31H24N4O2S. The summed E-state index contributed by atoms with van der Waals surface area (Å²) >= 11 is 1.51. The van der Waals surface area contributed by atoms with Crippen LogP contribution < -0.4 is 10.2 Å². The van der Waals surface area contributed by atoms with Crippen LogP contribution in [0.4, 0.5) is 5.69 Å². The SMILES string of the molecule is O=C(NC1CC1)c1cc2c(s1)-c1ccccc1N(C(=O)c1cccc(-c3ccnc4ccccc34)n1)CC2. The number of fused-ring (bicyclic) bond motifs is 4. The van der Waals surface area contributed by atoms with Crippen molar-refractivity contribution in [1.82, 2.24) is 15.3 Å². The number of hydrogen-bond acceptors (Lipinski definition) is 5. The molecule has 2 aliphatic rings. The molecule has 0 atom stereocenters. The number of carbonyl (C=O) groups excluding carboxylic acids is 2. The molecule has 1 aliphatic carbocycles. The third kappa shape index (κ3) is 4.05. The van der Waals surface area contributed by atoms with Crippen molar-refractivity contribution in [2.45, 2.75) is 25.3 Å². The van der Waals surface area contributed by atoms with Gasteiger partial charge in [0.25, 0.3) is 11.8 Å². The molecule has 1 fully saturated rings. The number of nitrogens with one attached hydrogen (secondary N) is 1. The Morgan fingerprint density at radius 1 is 0.921 bits per heavy atom. The zero-order valence-corrected chi connectivity index (χ0v) is 21.4. The van der Waals surface area contributed by atoms with E-state index in [1.807, 2.05) is 77.7 Å². The monoisotopic (exact) mass is 516 g/mol. The van der Waals surface area contributed by atoms with E-state index in [9.17, 15) is 9.59 Å². The standard InChI is InChI=1S/C31H24N4O2S/c36-30(33-20-12-13-20)28-18-19-15-17-35(27-11-4-2-7-23(27)29(19)38-28)31(37)26-10-5-9-25(34-26)22-14-16-32-24-8-3-1-6-21(22)24/h1-11,14,16,18,20H,12-13,15,17H2,(H,33,36). The fourth-order valence-corrected chi connectivity index (χ4v) is 6.21. The summed E-state index contributed by atoms with van der Waals surface area (Å²) < 4.78 is 0. The van der Waals surface area contributed by atoms with Gasteiger partial charge >= 0.3 is 0 Å². The van der Waals surface area contributed by atoms with Gasteiger partial charge in [-0.05, 0) is 61.2 Å². The van der Waals surface area contributed by atoms with Crippen LogP contribution in [-0.2, 0) is 6.42 Å². The quantitative estimate of drug-likeness (QED) is 0.312. The summed E-state index contributed by atoms with van der Waals surface area (Å²) in [5, 5.41) is 4.09. The van der Waals surface area contributed by atoms with Gasteiger partial charge in [0.15, 0.2) is 0 Å². The van der Waals surface area contributed by atoms with E-state index in [4.69, 9.17) is 4.98 Å². The molecule has 5 aromatic rings. The molecule has 0 radical (unpaired) electrons. The maximum absolute atomic E-state index is 13.9. The lowest BCUT2D eigenvalue weighted by atomic mass is 10.1. The molecule has 1 aliphatic heterocycles. The van der Waals surface area contributed by atoms with Gasteiger partial charge in [-0.25, -0.2) is 4.98 Å². The molecule has 2 amide bonds. The van der Waals surface area contributed by atoms with Crippen LogP contribution in [0, 0.1) is 0 Å². The fourth-order valence-electron chi connectivity index (χ4n) is 5.06. The number of nitrogens with zero attached hydrogens (tertiary/aromatic N) is 3. The second-order valence-corrected chi connectivity index (χ2v) is 10.8. The Balaban J connectivity index is 1.24. The van der Waals surface area contributed by atoms with Crippen molar-refractivity contribution in [3.8, 4) is 21.7 Å². The largest absolute Gasteiger partial charge is 0.349 e. The van der Waals surface area contributed by atoms with Crippen LogP contribution in [0.25, 0.3) is 32.6 Å². The van der Waals surface area contributed by atoms with E-state index in [0.29, 0.717) is 24.7 Å². The molecule has 0 unspecified atom stereocenters. The third-order valence-corrected chi connectivity index (χ3v) is 8.34. The average molecular weight is 517 g/mol. The predicted molar refractivity (Wildman–Crippen MR) is 151 cm³/mol. The normalized spacial score (nSPS) is 14.5. The number of rotatable bonds is 4. The van der Waals surface area contributed by atoms with Crippen molar-refractivity contribution in [3.63, 3.8) is 0 Å². The Bertz CT molecular complexity index is 1720. The number of benzene rings is 2. The Labute approximate surface area is 224 Å². The Morgan fingerprint density at radius 2 is 1.76 bits per heavy atom. The molecule has 7 rings (SSSR count). The summed E-state index contributed by atoms with van der Waals surface area (Å²) in [4.78, 5) is 39.5. The van der Waals surface area contributed by atoms with Gasteiger partial charge in [0, 0.05) is 40.2 Å². The lowest BCUT2D eigenvalue weighted by Gasteiger charge is -2.23. The highest BCUT2D eigenvalue weighted by Crippen LogP contribution is 2.42. The van der Waals surface area contributed by atoms with E-state index < -0.39 is 0 Å². The minimum absolute atomic E-state index is 0.000591. The number of aromatic nitrogens is 2. The third-order valence-electron chi connectivity index (χ3n) is 7.13. The maximum atomic E-state index is 13.9. The first-order chi connectivity index (χ1) is 18.7. The van der Waals surface area contributed by atoms with Crippen molar-refractivity contribution in [1.29, 1.82) is 0 Å². The van der Waals surface area contributed by atoms with Gasteiger partial charge in [0.1, 0.15) is 5.69 Å². The summed E-state index contributed by atoms with van der Waals surface area (Å²) in [7, 11) is 0. The number of thiophene rings is 1. The van der Waals surface area contributed by atoms with Gasteiger partial charge in [-0.2, -0.15) is 0 Å². The first-order valence-electron chi connectivity index (χ1n) is 12.8. The van der Waals surface area contributed by atoms with Crippen LogP contribution in [0.2, 0.25) is 0 Å². The second-order valence-electron chi connectivity index (χ2n) is 9.72. The van der Waals surface area contributed by atoms with Crippen molar-refractivity contribution in [3.05, 3.63) is 101 Å². The lowest BCUT2D eigenvalue weighted by Crippen LogP contribution is -2.33. The van der Waals surface area contributed by atoms with E-state index in [2.05, 4.69) is 10.3 Å². The molecule has 2 aromatic carbocycles. The first kappa shape index (κ1) is 22.8. The Kier molecular flexibility index (Phi) is 5.51. The molecule has 38 heavy (non-hydrogen) atoms. The lowest BCUT2D eigenvalue weighted by molar-refractivity contribution is 0.0952. The molecule has 0 bridgehead atoms. The fraction of sp³-hybridized carbons (Fsp3) is 0.161. The van der Waals surface area contributed by atoms with E-state index in [1.54, 1.807) is 12.3 Å². The van der Waals surface area contributed by atoms with E-state index >= 15 is 0 Å². The van der Waals surface area contributed by atoms with E-state index in [-0.39, 0.29) is 11.8 Å². The van der Waals surface area contributed by atoms with Crippen LogP contribution >= 0.6 is 11.3 Å². The summed E-state index contributed by atoms with van der Waals surface area (Å²) in [6.07, 6.45) is 4.56. The topological polar surface area (TPSA) is 75.2 Å². The molecule has 4 heterocycles. The molecule has 1 saturated carbocycles. The van der Waals surface area contributed by atoms with Gasteiger partial charge in [-0.1, -0.05) is 42.5 Å². The molecule has 186 valence electrons. The summed E-state index contributed by atoms with van der Waals surface area (Å²) in [6, 6.07) is 25.7. The smallest absolute Gasteiger partial charge is 0.276 e. The van der Waals surface area contributed by atoms with Crippen molar-refractivity contribution >= 4 is 39.7 Å². The van der Waals surface area contributed by atoms with E-state index in [0.717, 1.165) is 61.6 Å². The van der Waals surface area contributed by atoms with Gasteiger partial charge in [-0.3, -0.25) is 14.6 Å². The van der Waals surface area contributed by atoms with E-state index in [1.165, 1.54) is 11.3 Å². The highest BCUT2D eigenvalue weighted by atomic mass is 32.1. The highest BCUT2D eigenvalue weighted by molar-refractivity contribution is 7.17. The van der Waals surface area contributed by atoms with Crippen LogP contribution in [0.3, 0.4) is 0 Å².